The molecule has 2 N–H and O–H groups in total. The first-order valence-corrected chi connectivity index (χ1v) is 10.1. The van der Waals surface area contributed by atoms with Crippen LogP contribution in [0.4, 0.5) is 0 Å². The summed E-state index contributed by atoms with van der Waals surface area (Å²) in [6.45, 7) is 4.36. The predicted octanol–water partition coefficient (Wildman–Crippen LogP) is 3.05. The Hall–Kier alpha value is -2.93. The molecule has 6 nitrogen and oxygen atoms in total. The molecule has 0 spiro atoms. The summed E-state index contributed by atoms with van der Waals surface area (Å²) >= 11 is 1.36. The predicted molar refractivity (Wildman–Crippen MR) is 111 cm³/mol. The van der Waals surface area contributed by atoms with E-state index in [1.807, 2.05) is 61.8 Å². The quantitative estimate of drug-likeness (QED) is 0.614. The second kappa shape index (κ2) is 9.32. The molecule has 2 amide bonds. The van der Waals surface area contributed by atoms with Crippen LogP contribution in [-0.2, 0) is 11.2 Å². The maximum atomic E-state index is 12.6. The Labute approximate surface area is 168 Å². The van der Waals surface area contributed by atoms with Gasteiger partial charge in [0.05, 0.1) is 10.6 Å². The van der Waals surface area contributed by atoms with Crippen molar-refractivity contribution < 1.29 is 9.59 Å². The molecule has 28 heavy (non-hydrogen) atoms. The second-order valence-electron chi connectivity index (χ2n) is 6.83. The van der Waals surface area contributed by atoms with Gasteiger partial charge in [0.15, 0.2) is 0 Å². The lowest BCUT2D eigenvalue weighted by atomic mass is 10.0. The number of hydrogen-bond donors (Lipinski definition) is 2. The first kappa shape index (κ1) is 19.8. The number of nitrogens with one attached hydrogen (secondary N) is 2. The highest BCUT2D eigenvalue weighted by Gasteiger charge is 2.24. The fourth-order valence-electron chi connectivity index (χ4n) is 2.83. The molecule has 0 radical (unpaired) electrons. The van der Waals surface area contributed by atoms with Gasteiger partial charge in [0.1, 0.15) is 6.04 Å². The summed E-state index contributed by atoms with van der Waals surface area (Å²) in [5, 5.41) is 11.8. The monoisotopic (exact) mass is 396 g/mol. The van der Waals surface area contributed by atoms with Crippen molar-refractivity contribution in [1.29, 1.82) is 0 Å². The van der Waals surface area contributed by atoms with Gasteiger partial charge in [-0.2, -0.15) is 5.10 Å². The van der Waals surface area contributed by atoms with E-state index in [-0.39, 0.29) is 17.7 Å². The molecule has 0 aliphatic rings. The molecule has 1 aromatic carbocycles. The molecule has 1 unspecified atom stereocenters. The summed E-state index contributed by atoms with van der Waals surface area (Å²) in [6.07, 6.45) is 4.35. The van der Waals surface area contributed by atoms with E-state index in [4.69, 9.17) is 0 Å². The third-order valence-electron chi connectivity index (χ3n) is 4.40. The molecule has 2 aromatic heterocycles. The van der Waals surface area contributed by atoms with Crippen molar-refractivity contribution in [3.63, 3.8) is 0 Å². The molecule has 3 rings (SSSR count). The van der Waals surface area contributed by atoms with E-state index < -0.39 is 6.04 Å². The first-order valence-electron chi connectivity index (χ1n) is 9.25. The van der Waals surface area contributed by atoms with Crippen molar-refractivity contribution in [1.82, 2.24) is 20.4 Å². The Kier molecular flexibility index (Phi) is 6.60. The number of thiophene rings is 1. The minimum absolute atomic E-state index is 0.00253. The molecule has 3 aromatic rings. The van der Waals surface area contributed by atoms with E-state index >= 15 is 0 Å². The van der Waals surface area contributed by atoms with E-state index in [9.17, 15) is 9.59 Å². The zero-order valence-electron chi connectivity index (χ0n) is 16.0. The van der Waals surface area contributed by atoms with Gasteiger partial charge in [0.25, 0.3) is 5.91 Å². The summed E-state index contributed by atoms with van der Waals surface area (Å²) in [6, 6.07) is 13.0. The second-order valence-corrected chi connectivity index (χ2v) is 7.78. The van der Waals surface area contributed by atoms with Crippen LogP contribution in [0.1, 0.15) is 29.1 Å². The molecule has 2 heterocycles. The number of carbonyl (C=O) groups is 2. The molecule has 1 atom stereocenters. The average molecular weight is 397 g/mol. The lowest BCUT2D eigenvalue weighted by Crippen LogP contribution is -2.49. The highest BCUT2D eigenvalue weighted by atomic mass is 32.1. The summed E-state index contributed by atoms with van der Waals surface area (Å²) in [5.41, 5.74) is 2.12. The Morgan fingerprint density at radius 2 is 1.93 bits per heavy atom. The summed E-state index contributed by atoms with van der Waals surface area (Å²) in [4.78, 5) is 25.4. The van der Waals surface area contributed by atoms with Gasteiger partial charge in [-0.25, -0.2) is 4.68 Å². The Bertz CT molecular complexity index is 887. The smallest absolute Gasteiger partial charge is 0.262 e. The largest absolute Gasteiger partial charge is 0.354 e. The Morgan fingerprint density at radius 3 is 2.54 bits per heavy atom. The van der Waals surface area contributed by atoms with E-state index in [1.165, 1.54) is 11.3 Å². The van der Waals surface area contributed by atoms with E-state index in [1.54, 1.807) is 16.9 Å². The average Bonchev–Trinajstić information content (AvgIpc) is 3.40. The van der Waals surface area contributed by atoms with Crippen LogP contribution < -0.4 is 10.6 Å². The van der Waals surface area contributed by atoms with Crippen molar-refractivity contribution in [2.24, 2.45) is 5.92 Å². The third-order valence-corrected chi connectivity index (χ3v) is 5.27. The number of benzene rings is 1. The van der Waals surface area contributed by atoms with Gasteiger partial charge >= 0.3 is 0 Å². The van der Waals surface area contributed by atoms with Gasteiger partial charge in [0.2, 0.25) is 5.91 Å². The third kappa shape index (κ3) is 5.07. The number of hydrogen-bond acceptors (Lipinski definition) is 4. The lowest BCUT2D eigenvalue weighted by molar-refractivity contribution is -0.123. The van der Waals surface area contributed by atoms with Gasteiger partial charge < -0.3 is 10.6 Å². The molecule has 0 saturated carbocycles. The van der Waals surface area contributed by atoms with Gasteiger partial charge in [0, 0.05) is 18.9 Å². The molecule has 146 valence electrons. The van der Waals surface area contributed by atoms with Crippen LogP contribution in [0.5, 0.6) is 0 Å². The van der Waals surface area contributed by atoms with Gasteiger partial charge in [-0.3, -0.25) is 9.59 Å². The SMILES string of the molecule is CC(C)C(NC(=O)c1cccs1)C(=O)NCCc1ccc(-n2cccn2)cc1. The number of rotatable bonds is 8. The normalized spacial score (nSPS) is 12.0. The molecular formula is C21H24N4O2S. The summed E-state index contributed by atoms with van der Waals surface area (Å²) < 4.78 is 1.80. The highest BCUT2D eigenvalue weighted by Crippen LogP contribution is 2.11. The minimum atomic E-state index is -0.559. The van der Waals surface area contributed by atoms with Crippen LogP contribution >= 0.6 is 11.3 Å². The van der Waals surface area contributed by atoms with Gasteiger partial charge in [-0.1, -0.05) is 32.0 Å². The van der Waals surface area contributed by atoms with Crippen LogP contribution in [-0.4, -0.2) is 34.2 Å². The number of nitrogens with zero attached hydrogens (tertiary/aromatic N) is 2. The highest BCUT2D eigenvalue weighted by molar-refractivity contribution is 7.12. The fourth-order valence-corrected chi connectivity index (χ4v) is 3.46. The number of aromatic nitrogens is 2. The van der Waals surface area contributed by atoms with Crippen molar-refractivity contribution in [3.05, 3.63) is 70.7 Å². The van der Waals surface area contributed by atoms with Crippen molar-refractivity contribution >= 4 is 23.2 Å². The number of amides is 2. The van der Waals surface area contributed by atoms with Crippen molar-refractivity contribution in [2.75, 3.05) is 6.54 Å². The van der Waals surface area contributed by atoms with Crippen LogP contribution in [0.25, 0.3) is 5.69 Å². The lowest BCUT2D eigenvalue weighted by Gasteiger charge is -2.21. The van der Waals surface area contributed by atoms with Crippen molar-refractivity contribution in [2.45, 2.75) is 26.3 Å². The van der Waals surface area contributed by atoms with E-state index in [0.717, 1.165) is 17.7 Å². The van der Waals surface area contributed by atoms with E-state index in [2.05, 4.69) is 15.7 Å². The molecule has 0 bridgehead atoms. The molecule has 0 fully saturated rings. The maximum absolute atomic E-state index is 12.6. The fraction of sp³-hybridized carbons (Fsp3) is 0.286. The zero-order chi connectivity index (χ0) is 19.9. The van der Waals surface area contributed by atoms with Crippen LogP contribution in [0.3, 0.4) is 0 Å². The zero-order valence-corrected chi connectivity index (χ0v) is 16.8. The maximum Gasteiger partial charge on any atom is 0.262 e. The van der Waals surface area contributed by atoms with Gasteiger partial charge in [-0.05, 0) is 47.5 Å². The van der Waals surface area contributed by atoms with Crippen LogP contribution in [0, 0.1) is 5.92 Å². The molecule has 0 saturated heterocycles. The standard InChI is InChI=1S/C21H24N4O2S/c1-15(2)19(24-20(26)18-5-3-14-28-18)21(27)22-12-10-16-6-8-17(9-7-16)25-13-4-11-23-25/h3-9,11,13-15,19H,10,12H2,1-2H3,(H,22,27)(H,24,26). The Morgan fingerprint density at radius 1 is 1.14 bits per heavy atom. The molecular weight excluding hydrogens is 372 g/mol. The molecule has 0 aliphatic carbocycles. The van der Waals surface area contributed by atoms with E-state index in [0.29, 0.717) is 11.4 Å². The summed E-state index contributed by atoms with van der Waals surface area (Å²) in [7, 11) is 0. The van der Waals surface area contributed by atoms with Crippen LogP contribution in [0.15, 0.2) is 60.2 Å². The Balaban J connectivity index is 1.51. The van der Waals surface area contributed by atoms with Crippen LogP contribution in [0.2, 0.25) is 0 Å². The molecule has 0 aliphatic heterocycles. The molecule has 7 heteroatoms. The summed E-state index contributed by atoms with van der Waals surface area (Å²) in [5.74, 6) is -0.372. The minimum Gasteiger partial charge on any atom is -0.354 e. The van der Waals surface area contributed by atoms with Crippen molar-refractivity contribution in [3.8, 4) is 5.69 Å². The van der Waals surface area contributed by atoms with Gasteiger partial charge in [-0.15, -0.1) is 11.3 Å². The first-order chi connectivity index (χ1) is 13.5. The number of carbonyl (C=O) groups excluding carboxylic acids is 2. The topological polar surface area (TPSA) is 76.0 Å².